The highest BCUT2D eigenvalue weighted by molar-refractivity contribution is 4.87. The number of rotatable bonds is 5. The standard InChI is InChI=1S/C14H28N2O2/c1-13(2-6-17-7-3-13)11-16-12-14(10-15)4-8-18-9-5-14/h16H,2-12,15H2,1H3. The molecule has 2 fully saturated rings. The van der Waals surface area contributed by atoms with Crippen molar-refractivity contribution in [3.63, 3.8) is 0 Å². The molecule has 0 aromatic rings. The van der Waals surface area contributed by atoms with Gasteiger partial charge in [-0.25, -0.2) is 0 Å². The maximum Gasteiger partial charge on any atom is 0.0472 e. The van der Waals surface area contributed by atoms with Gasteiger partial charge in [0.2, 0.25) is 0 Å². The van der Waals surface area contributed by atoms with Gasteiger partial charge in [-0.05, 0) is 43.1 Å². The predicted octanol–water partition coefficient (Wildman–Crippen LogP) is 1.15. The molecule has 4 heteroatoms. The Kier molecular flexibility index (Phi) is 5.01. The summed E-state index contributed by atoms with van der Waals surface area (Å²) in [5, 5.41) is 3.67. The number of nitrogens with one attached hydrogen (secondary N) is 1. The SMILES string of the molecule is CC1(CNCC2(CN)CCOCC2)CCOCC1. The summed E-state index contributed by atoms with van der Waals surface area (Å²) in [6.07, 6.45) is 4.52. The van der Waals surface area contributed by atoms with Crippen LogP contribution in [0.25, 0.3) is 0 Å². The normalized spacial score (nSPS) is 27.0. The third-order valence-electron chi connectivity index (χ3n) is 4.74. The first-order chi connectivity index (χ1) is 8.68. The number of hydrogen-bond donors (Lipinski definition) is 2. The Morgan fingerprint density at radius 2 is 1.50 bits per heavy atom. The van der Waals surface area contributed by atoms with Crippen molar-refractivity contribution in [1.29, 1.82) is 0 Å². The maximum absolute atomic E-state index is 5.97. The molecule has 0 spiro atoms. The molecular weight excluding hydrogens is 228 g/mol. The largest absolute Gasteiger partial charge is 0.381 e. The van der Waals surface area contributed by atoms with Crippen LogP contribution in [0.5, 0.6) is 0 Å². The molecule has 4 nitrogen and oxygen atoms in total. The van der Waals surface area contributed by atoms with Crippen LogP contribution >= 0.6 is 0 Å². The highest BCUT2D eigenvalue weighted by Crippen LogP contribution is 2.31. The fourth-order valence-electron chi connectivity index (χ4n) is 2.93. The van der Waals surface area contributed by atoms with Crippen LogP contribution in [-0.4, -0.2) is 46.1 Å². The maximum atomic E-state index is 5.97. The Morgan fingerprint density at radius 1 is 0.944 bits per heavy atom. The van der Waals surface area contributed by atoms with Crippen molar-refractivity contribution < 1.29 is 9.47 Å². The van der Waals surface area contributed by atoms with Crippen molar-refractivity contribution in [3.05, 3.63) is 0 Å². The minimum absolute atomic E-state index is 0.264. The second-order valence-corrected chi connectivity index (χ2v) is 6.34. The molecule has 0 unspecified atom stereocenters. The van der Waals surface area contributed by atoms with E-state index < -0.39 is 0 Å². The van der Waals surface area contributed by atoms with E-state index in [2.05, 4.69) is 12.2 Å². The Morgan fingerprint density at radius 3 is 2.06 bits per heavy atom. The minimum Gasteiger partial charge on any atom is -0.381 e. The van der Waals surface area contributed by atoms with Crippen LogP contribution in [0.4, 0.5) is 0 Å². The van der Waals surface area contributed by atoms with Crippen molar-refractivity contribution in [3.8, 4) is 0 Å². The van der Waals surface area contributed by atoms with Gasteiger partial charge in [-0.3, -0.25) is 0 Å². The summed E-state index contributed by atoms with van der Waals surface area (Å²) in [6.45, 7) is 8.79. The summed E-state index contributed by atoms with van der Waals surface area (Å²) in [5.74, 6) is 0. The minimum atomic E-state index is 0.264. The zero-order chi connectivity index (χ0) is 12.9. The highest BCUT2D eigenvalue weighted by Gasteiger charge is 2.32. The van der Waals surface area contributed by atoms with Crippen molar-refractivity contribution in [2.24, 2.45) is 16.6 Å². The third-order valence-corrected chi connectivity index (χ3v) is 4.74. The molecule has 106 valence electrons. The number of nitrogens with two attached hydrogens (primary N) is 1. The van der Waals surface area contributed by atoms with Crippen LogP contribution in [0.3, 0.4) is 0 Å². The molecular formula is C14H28N2O2. The Bertz CT molecular complexity index is 246. The van der Waals surface area contributed by atoms with Crippen LogP contribution < -0.4 is 11.1 Å². The summed E-state index contributed by atoms with van der Waals surface area (Å²) < 4.78 is 10.9. The molecule has 0 bridgehead atoms. The molecule has 0 saturated carbocycles. The lowest BCUT2D eigenvalue weighted by molar-refractivity contribution is 0.00863. The topological polar surface area (TPSA) is 56.5 Å². The summed E-state index contributed by atoms with van der Waals surface area (Å²) in [5.41, 5.74) is 6.64. The van der Waals surface area contributed by atoms with E-state index in [0.717, 1.165) is 58.9 Å². The predicted molar refractivity (Wildman–Crippen MR) is 72.6 cm³/mol. The quantitative estimate of drug-likeness (QED) is 0.775. The molecule has 3 N–H and O–H groups in total. The van der Waals surface area contributed by atoms with Gasteiger partial charge in [0.1, 0.15) is 0 Å². The van der Waals surface area contributed by atoms with Gasteiger partial charge < -0.3 is 20.5 Å². The molecule has 0 amide bonds. The van der Waals surface area contributed by atoms with Crippen LogP contribution in [-0.2, 0) is 9.47 Å². The van der Waals surface area contributed by atoms with E-state index in [-0.39, 0.29) is 5.41 Å². The fourth-order valence-corrected chi connectivity index (χ4v) is 2.93. The van der Waals surface area contributed by atoms with E-state index >= 15 is 0 Å². The summed E-state index contributed by atoms with van der Waals surface area (Å²) in [6, 6.07) is 0. The zero-order valence-corrected chi connectivity index (χ0v) is 11.7. The lowest BCUT2D eigenvalue weighted by Gasteiger charge is -2.39. The van der Waals surface area contributed by atoms with E-state index in [1.54, 1.807) is 0 Å². The van der Waals surface area contributed by atoms with Gasteiger partial charge in [-0.1, -0.05) is 6.92 Å². The smallest absolute Gasteiger partial charge is 0.0472 e. The lowest BCUT2D eigenvalue weighted by Crippen LogP contribution is -2.47. The summed E-state index contributed by atoms with van der Waals surface area (Å²) in [7, 11) is 0. The van der Waals surface area contributed by atoms with Gasteiger partial charge in [-0.15, -0.1) is 0 Å². The molecule has 2 saturated heterocycles. The van der Waals surface area contributed by atoms with Crippen LogP contribution in [0.1, 0.15) is 32.6 Å². The first-order valence-electron chi connectivity index (χ1n) is 7.24. The monoisotopic (exact) mass is 256 g/mol. The first-order valence-corrected chi connectivity index (χ1v) is 7.24. The van der Waals surface area contributed by atoms with E-state index in [1.165, 1.54) is 12.8 Å². The average molecular weight is 256 g/mol. The molecule has 0 aliphatic carbocycles. The summed E-state index contributed by atoms with van der Waals surface area (Å²) in [4.78, 5) is 0. The lowest BCUT2D eigenvalue weighted by atomic mass is 9.79. The van der Waals surface area contributed by atoms with E-state index in [1.807, 2.05) is 0 Å². The fraction of sp³-hybridized carbons (Fsp3) is 1.00. The third kappa shape index (κ3) is 3.67. The molecule has 2 aliphatic heterocycles. The Balaban J connectivity index is 1.75. The highest BCUT2D eigenvalue weighted by atomic mass is 16.5. The zero-order valence-electron chi connectivity index (χ0n) is 11.7. The van der Waals surface area contributed by atoms with Gasteiger partial charge in [0, 0.05) is 39.5 Å². The van der Waals surface area contributed by atoms with Gasteiger partial charge in [0.25, 0.3) is 0 Å². The molecule has 0 aromatic heterocycles. The molecule has 0 aromatic carbocycles. The molecule has 2 rings (SSSR count). The molecule has 2 aliphatic rings. The average Bonchev–Trinajstić information content (AvgIpc) is 2.40. The molecule has 2 heterocycles. The summed E-state index contributed by atoms with van der Waals surface area (Å²) >= 11 is 0. The van der Waals surface area contributed by atoms with E-state index in [9.17, 15) is 0 Å². The Labute approximate surface area is 111 Å². The van der Waals surface area contributed by atoms with Crippen molar-refractivity contribution >= 4 is 0 Å². The van der Waals surface area contributed by atoms with Crippen LogP contribution in [0.2, 0.25) is 0 Å². The van der Waals surface area contributed by atoms with Gasteiger partial charge in [-0.2, -0.15) is 0 Å². The van der Waals surface area contributed by atoms with Gasteiger partial charge in [0.15, 0.2) is 0 Å². The number of hydrogen-bond acceptors (Lipinski definition) is 4. The second kappa shape index (κ2) is 6.33. The van der Waals surface area contributed by atoms with Crippen molar-refractivity contribution in [1.82, 2.24) is 5.32 Å². The first kappa shape index (κ1) is 14.3. The molecule has 18 heavy (non-hydrogen) atoms. The second-order valence-electron chi connectivity index (χ2n) is 6.34. The van der Waals surface area contributed by atoms with Gasteiger partial charge >= 0.3 is 0 Å². The number of ether oxygens (including phenoxy) is 2. The molecule has 0 atom stereocenters. The Hall–Kier alpha value is -0.160. The van der Waals surface area contributed by atoms with Crippen molar-refractivity contribution in [2.45, 2.75) is 32.6 Å². The van der Waals surface area contributed by atoms with E-state index in [0.29, 0.717) is 5.41 Å². The van der Waals surface area contributed by atoms with Gasteiger partial charge in [0.05, 0.1) is 0 Å². The van der Waals surface area contributed by atoms with Crippen LogP contribution in [0, 0.1) is 10.8 Å². The van der Waals surface area contributed by atoms with Crippen LogP contribution in [0.15, 0.2) is 0 Å². The molecule has 0 radical (unpaired) electrons. The van der Waals surface area contributed by atoms with E-state index in [4.69, 9.17) is 15.2 Å². The van der Waals surface area contributed by atoms with Crippen molar-refractivity contribution in [2.75, 3.05) is 46.1 Å².